The minimum atomic E-state index is -0.398. The number of amides is 1. The molecule has 0 radical (unpaired) electrons. The minimum Gasteiger partial charge on any atom is -0.477 e. The highest BCUT2D eigenvalue weighted by molar-refractivity contribution is 7.15. The van der Waals surface area contributed by atoms with Crippen LogP contribution >= 0.6 is 11.3 Å². The van der Waals surface area contributed by atoms with Gasteiger partial charge in [0.15, 0.2) is 6.61 Å². The Kier molecular flexibility index (Phi) is 5.46. The largest absolute Gasteiger partial charge is 0.477 e. The highest BCUT2D eigenvalue weighted by Crippen LogP contribution is 2.41. The van der Waals surface area contributed by atoms with E-state index in [1.807, 2.05) is 0 Å². The van der Waals surface area contributed by atoms with E-state index in [2.05, 4.69) is 20.4 Å². The van der Waals surface area contributed by atoms with Crippen LogP contribution in [-0.2, 0) is 16.1 Å². The number of hydrogen-bond acceptors (Lipinski definition) is 9. The first-order valence-electron chi connectivity index (χ1n) is 8.85. The van der Waals surface area contributed by atoms with Gasteiger partial charge in [-0.1, -0.05) is 11.3 Å². The highest BCUT2D eigenvalue weighted by Gasteiger charge is 2.27. The number of carbonyl (C=O) groups is 1. The molecule has 1 N–H and O–H groups in total. The van der Waals surface area contributed by atoms with E-state index in [4.69, 9.17) is 13.9 Å². The zero-order valence-electron chi connectivity index (χ0n) is 14.7. The first-order chi connectivity index (χ1) is 13.2. The summed E-state index contributed by atoms with van der Waals surface area (Å²) in [6, 6.07) is 1.40. The zero-order chi connectivity index (χ0) is 18.6. The predicted molar refractivity (Wildman–Crippen MR) is 97.1 cm³/mol. The average molecular weight is 392 g/mol. The molecule has 1 amide bonds. The van der Waals surface area contributed by atoms with E-state index < -0.39 is 5.91 Å². The van der Waals surface area contributed by atoms with E-state index in [-0.39, 0.29) is 17.8 Å². The molecule has 1 saturated carbocycles. The second-order valence-electron chi connectivity index (χ2n) is 6.52. The smallest absolute Gasteiger partial charge is 0.264 e. The first kappa shape index (κ1) is 18.1. The topological polar surface area (TPSA) is 107 Å². The van der Waals surface area contributed by atoms with Crippen molar-refractivity contribution < 1.29 is 18.7 Å². The number of hydrogen-bond donors (Lipinski definition) is 1. The fourth-order valence-corrected chi connectivity index (χ4v) is 3.61. The minimum absolute atomic E-state index is 0.00631. The van der Waals surface area contributed by atoms with Gasteiger partial charge in [0, 0.05) is 25.1 Å². The van der Waals surface area contributed by atoms with E-state index >= 15 is 0 Å². The van der Waals surface area contributed by atoms with Gasteiger partial charge in [-0.25, -0.2) is 0 Å². The van der Waals surface area contributed by atoms with Crippen LogP contribution in [0.2, 0.25) is 0 Å². The Morgan fingerprint density at radius 2 is 2.15 bits per heavy atom. The molecule has 0 spiro atoms. The zero-order valence-corrected chi connectivity index (χ0v) is 15.5. The van der Waals surface area contributed by atoms with Crippen LogP contribution in [0.25, 0.3) is 0 Å². The Balaban J connectivity index is 1.28. The number of aromatic nitrogens is 2. The lowest BCUT2D eigenvalue weighted by Crippen LogP contribution is -2.35. The maximum atomic E-state index is 12.2. The fraction of sp³-hybridized carbons (Fsp3) is 0.529. The molecule has 0 bridgehead atoms. The van der Waals surface area contributed by atoms with Crippen LogP contribution in [0.3, 0.4) is 0 Å². The molecular formula is C17H20N4O5S. The molecule has 1 saturated heterocycles. The molecule has 3 heterocycles. The van der Waals surface area contributed by atoms with Gasteiger partial charge in [0.2, 0.25) is 16.3 Å². The summed E-state index contributed by atoms with van der Waals surface area (Å²) in [4.78, 5) is 26.3. The summed E-state index contributed by atoms with van der Waals surface area (Å²) in [5.74, 6) is 0.655. The highest BCUT2D eigenvalue weighted by atomic mass is 32.1. The summed E-state index contributed by atoms with van der Waals surface area (Å²) in [6.07, 6.45) is 3.51. The molecule has 2 aromatic heterocycles. The summed E-state index contributed by atoms with van der Waals surface area (Å²) in [5, 5.41) is 12.0. The second-order valence-corrected chi connectivity index (χ2v) is 7.53. The first-order valence-corrected chi connectivity index (χ1v) is 9.67. The summed E-state index contributed by atoms with van der Waals surface area (Å²) in [5.41, 5.74) is -0.316. The molecule has 0 aromatic carbocycles. The SMILES string of the molecule is O=C(COc1coc(CN2CCOCC2)cc1=O)Nc1nnc(C2CC2)s1. The van der Waals surface area contributed by atoms with Crippen molar-refractivity contribution >= 4 is 22.4 Å². The number of carbonyl (C=O) groups excluding carboxylic acids is 1. The lowest BCUT2D eigenvalue weighted by molar-refractivity contribution is -0.118. The van der Waals surface area contributed by atoms with Crippen LogP contribution < -0.4 is 15.5 Å². The Morgan fingerprint density at radius 3 is 2.89 bits per heavy atom. The number of ether oxygens (including phenoxy) is 2. The molecule has 1 aliphatic carbocycles. The summed E-state index contributed by atoms with van der Waals surface area (Å²) >= 11 is 1.37. The van der Waals surface area contributed by atoms with Gasteiger partial charge < -0.3 is 13.9 Å². The molecule has 144 valence electrons. The van der Waals surface area contributed by atoms with Crippen LogP contribution in [0, 0.1) is 0 Å². The summed E-state index contributed by atoms with van der Waals surface area (Å²) in [6.45, 7) is 3.20. The van der Waals surface area contributed by atoms with Crippen LogP contribution in [-0.4, -0.2) is 53.9 Å². The van der Waals surface area contributed by atoms with Crippen molar-refractivity contribution in [3.63, 3.8) is 0 Å². The normalized spacial score (nSPS) is 17.6. The number of anilines is 1. The fourth-order valence-electron chi connectivity index (χ4n) is 2.69. The standard InChI is InChI=1S/C17H20N4O5S/c22-13-7-12(8-21-3-5-24-6-4-21)25-9-14(13)26-10-15(23)18-17-20-19-16(27-17)11-1-2-11/h7,9,11H,1-6,8,10H2,(H,18,20,23). The van der Waals surface area contributed by atoms with Crippen molar-refractivity contribution in [2.24, 2.45) is 0 Å². The van der Waals surface area contributed by atoms with E-state index in [1.54, 1.807) is 0 Å². The summed E-state index contributed by atoms with van der Waals surface area (Å²) < 4.78 is 16.1. The van der Waals surface area contributed by atoms with Crippen molar-refractivity contribution in [3.8, 4) is 5.75 Å². The van der Waals surface area contributed by atoms with Crippen molar-refractivity contribution in [2.45, 2.75) is 25.3 Å². The van der Waals surface area contributed by atoms with E-state index in [0.29, 0.717) is 36.6 Å². The van der Waals surface area contributed by atoms with Crippen LogP contribution in [0.15, 0.2) is 21.5 Å². The molecular weight excluding hydrogens is 372 g/mol. The van der Waals surface area contributed by atoms with Gasteiger partial charge in [-0.15, -0.1) is 10.2 Å². The van der Waals surface area contributed by atoms with Gasteiger partial charge in [-0.2, -0.15) is 0 Å². The van der Waals surface area contributed by atoms with Crippen LogP contribution in [0.1, 0.15) is 29.5 Å². The maximum absolute atomic E-state index is 12.2. The van der Waals surface area contributed by atoms with Gasteiger partial charge in [-0.05, 0) is 12.8 Å². The Morgan fingerprint density at radius 1 is 1.33 bits per heavy atom. The van der Waals surface area contributed by atoms with Gasteiger partial charge in [0.05, 0.1) is 19.8 Å². The molecule has 2 aliphatic rings. The van der Waals surface area contributed by atoms with Crippen LogP contribution in [0.4, 0.5) is 5.13 Å². The van der Waals surface area contributed by atoms with E-state index in [0.717, 1.165) is 30.9 Å². The third-order valence-electron chi connectivity index (χ3n) is 4.31. The molecule has 27 heavy (non-hydrogen) atoms. The summed E-state index contributed by atoms with van der Waals surface area (Å²) in [7, 11) is 0. The molecule has 0 atom stereocenters. The molecule has 0 unspecified atom stereocenters. The van der Waals surface area contributed by atoms with Gasteiger partial charge in [-0.3, -0.25) is 19.8 Å². The average Bonchev–Trinajstić information content (AvgIpc) is 3.42. The predicted octanol–water partition coefficient (Wildman–Crippen LogP) is 1.22. The monoisotopic (exact) mass is 392 g/mol. The van der Waals surface area contributed by atoms with Gasteiger partial charge >= 0.3 is 0 Å². The lowest BCUT2D eigenvalue weighted by atomic mass is 10.3. The van der Waals surface area contributed by atoms with Crippen molar-refractivity contribution in [3.05, 3.63) is 33.3 Å². The quantitative estimate of drug-likeness (QED) is 0.750. The third kappa shape index (κ3) is 4.90. The number of rotatable bonds is 7. The van der Waals surface area contributed by atoms with Gasteiger partial charge in [0.25, 0.3) is 5.91 Å². The van der Waals surface area contributed by atoms with E-state index in [1.165, 1.54) is 23.7 Å². The Hall–Kier alpha value is -2.30. The molecule has 10 heteroatoms. The van der Waals surface area contributed by atoms with Crippen molar-refractivity contribution in [2.75, 3.05) is 38.2 Å². The molecule has 4 rings (SSSR count). The molecule has 2 fully saturated rings. The number of morpholine rings is 1. The maximum Gasteiger partial charge on any atom is 0.264 e. The van der Waals surface area contributed by atoms with Gasteiger partial charge in [0.1, 0.15) is 17.0 Å². The van der Waals surface area contributed by atoms with Crippen molar-refractivity contribution in [1.29, 1.82) is 0 Å². The lowest BCUT2D eigenvalue weighted by Gasteiger charge is -2.25. The molecule has 1 aliphatic heterocycles. The molecule has 9 nitrogen and oxygen atoms in total. The van der Waals surface area contributed by atoms with Crippen LogP contribution in [0.5, 0.6) is 5.75 Å². The third-order valence-corrected chi connectivity index (χ3v) is 5.31. The Labute approximate surface area is 159 Å². The Bertz CT molecular complexity index is 857. The van der Waals surface area contributed by atoms with Crippen molar-refractivity contribution in [1.82, 2.24) is 15.1 Å². The number of nitrogens with zero attached hydrogens (tertiary/aromatic N) is 3. The van der Waals surface area contributed by atoms with E-state index in [9.17, 15) is 9.59 Å². The number of nitrogens with one attached hydrogen (secondary N) is 1. The second kappa shape index (κ2) is 8.15. The molecule has 2 aromatic rings.